The number of likely N-dealkylation sites (N-methyl/N-ethyl adjacent to an activating group) is 1. The van der Waals surface area contributed by atoms with E-state index in [1.807, 2.05) is 7.05 Å². The lowest BCUT2D eigenvalue weighted by Crippen LogP contribution is -2.45. The van der Waals surface area contributed by atoms with Gasteiger partial charge in [0.15, 0.2) is 0 Å². The summed E-state index contributed by atoms with van der Waals surface area (Å²) in [5.74, 6) is 0.638. The van der Waals surface area contributed by atoms with Crippen molar-refractivity contribution in [3.8, 4) is 0 Å². The molecule has 0 saturated carbocycles. The van der Waals surface area contributed by atoms with Gasteiger partial charge in [-0.1, -0.05) is 0 Å². The van der Waals surface area contributed by atoms with Crippen LogP contribution in [-0.4, -0.2) is 37.4 Å². The summed E-state index contributed by atoms with van der Waals surface area (Å²) in [6.45, 7) is 2.76. The molecular formula is C5H12ClN3. The molecule has 0 amide bonds. The molecule has 0 unspecified atom stereocenters. The Labute approximate surface area is 61.3 Å². The molecule has 0 aromatic carbocycles. The fourth-order valence-corrected chi connectivity index (χ4v) is 0.803. The van der Waals surface area contributed by atoms with E-state index in [0.717, 1.165) is 19.6 Å². The normalized spacial score (nSPS) is 20.3. The zero-order valence-corrected chi connectivity index (χ0v) is 6.29. The van der Waals surface area contributed by atoms with Crippen molar-refractivity contribution >= 4 is 18.2 Å². The number of halogens is 1. The molecule has 0 aromatic heterocycles. The minimum absolute atomic E-state index is 0. The molecule has 1 rings (SSSR count). The highest BCUT2D eigenvalue weighted by Crippen LogP contribution is 1.85. The highest BCUT2D eigenvalue weighted by molar-refractivity contribution is 5.85. The Morgan fingerprint density at radius 1 is 1.67 bits per heavy atom. The average molecular weight is 150 g/mol. The second-order valence-electron chi connectivity index (χ2n) is 2.14. The lowest BCUT2D eigenvalue weighted by Gasteiger charge is -2.23. The molecule has 1 saturated heterocycles. The van der Waals surface area contributed by atoms with Crippen LogP contribution in [0.1, 0.15) is 0 Å². The summed E-state index contributed by atoms with van der Waals surface area (Å²) in [4.78, 5) is 2.12. The number of hydrogen-bond donors (Lipinski definition) is 2. The van der Waals surface area contributed by atoms with E-state index in [1.165, 1.54) is 0 Å². The van der Waals surface area contributed by atoms with Crippen molar-refractivity contribution in [2.75, 3.05) is 26.7 Å². The molecule has 0 spiro atoms. The zero-order chi connectivity index (χ0) is 5.98. The first kappa shape index (κ1) is 8.72. The van der Waals surface area contributed by atoms with Crippen molar-refractivity contribution in [1.29, 1.82) is 5.41 Å². The largest absolute Gasteiger partial charge is 0.372 e. The summed E-state index contributed by atoms with van der Waals surface area (Å²) in [6.07, 6.45) is 0. The van der Waals surface area contributed by atoms with E-state index in [2.05, 4.69) is 10.2 Å². The summed E-state index contributed by atoms with van der Waals surface area (Å²) in [5.41, 5.74) is 0. The lowest BCUT2D eigenvalue weighted by atomic mass is 10.4. The molecule has 0 bridgehead atoms. The zero-order valence-electron chi connectivity index (χ0n) is 5.48. The molecule has 0 atom stereocenters. The minimum Gasteiger partial charge on any atom is -0.372 e. The van der Waals surface area contributed by atoms with Crippen LogP contribution in [0.25, 0.3) is 0 Å². The first-order chi connectivity index (χ1) is 3.79. The molecular weight excluding hydrogens is 138 g/mol. The third-order valence-electron chi connectivity index (χ3n) is 1.26. The molecule has 54 valence electrons. The Bertz CT molecular complexity index is 104. The van der Waals surface area contributed by atoms with Gasteiger partial charge >= 0.3 is 0 Å². The Morgan fingerprint density at radius 3 is 2.67 bits per heavy atom. The first-order valence-electron chi connectivity index (χ1n) is 2.79. The van der Waals surface area contributed by atoms with Crippen molar-refractivity contribution in [2.24, 2.45) is 0 Å². The van der Waals surface area contributed by atoms with Gasteiger partial charge in [0, 0.05) is 13.1 Å². The standard InChI is InChI=1S/C5H11N3.ClH/c1-8-3-2-7-5(6)4-8;/h2-4H2,1H3,(H2,6,7);1H. The van der Waals surface area contributed by atoms with Gasteiger partial charge in [0.25, 0.3) is 0 Å². The number of amidine groups is 1. The van der Waals surface area contributed by atoms with E-state index in [-0.39, 0.29) is 12.4 Å². The third kappa shape index (κ3) is 2.67. The molecule has 1 aliphatic heterocycles. The van der Waals surface area contributed by atoms with E-state index in [9.17, 15) is 0 Å². The highest BCUT2D eigenvalue weighted by atomic mass is 35.5. The Kier molecular flexibility index (Phi) is 3.58. The third-order valence-corrected chi connectivity index (χ3v) is 1.26. The van der Waals surface area contributed by atoms with Gasteiger partial charge in [-0.3, -0.25) is 10.3 Å². The molecule has 0 radical (unpaired) electrons. The maximum absolute atomic E-state index is 7.17. The summed E-state index contributed by atoms with van der Waals surface area (Å²) in [6, 6.07) is 0. The molecule has 0 aliphatic carbocycles. The fourth-order valence-electron chi connectivity index (χ4n) is 0.803. The number of nitrogens with one attached hydrogen (secondary N) is 2. The van der Waals surface area contributed by atoms with Gasteiger partial charge in [0.1, 0.15) is 5.84 Å². The lowest BCUT2D eigenvalue weighted by molar-refractivity contribution is 0.358. The molecule has 1 fully saturated rings. The van der Waals surface area contributed by atoms with Gasteiger partial charge in [0.05, 0.1) is 6.54 Å². The highest BCUT2D eigenvalue weighted by Gasteiger charge is 2.06. The van der Waals surface area contributed by atoms with Crippen LogP contribution in [0.2, 0.25) is 0 Å². The predicted octanol–water partition coefficient (Wildman–Crippen LogP) is -0.0795. The average Bonchev–Trinajstić information content (AvgIpc) is 1.64. The summed E-state index contributed by atoms with van der Waals surface area (Å²) < 4.78 is 0. The molecule has 0 aromatic rings. The number of hydrogen-bond acceptors (Lipinski definition) is 2. The minimum atomic E-state index is 0. The quantitative estimate of drug-likeness (QED) is 0.506. The topological polar surface area (TPSA) is 39.1 Å². The summed E-state index contributed by atoms with van der Waals surface area (Å²) in [7, 11) is 2.02. The molecule has 9 heavy (non-hydrogen) atoms. The van der Waals surface area contributed by atoms with Crippen LogP contribution in [0.4, 0.5) is 0 Å². The van der Waals surface area contributed by atoms with Crippen molar-refractivity contribution in [1.82, 2.24) is 10.2 Å². The van der Waals surface area contributed by atoms with Gasteiger partial charge < -0.3 is 5.32 Å². The van der Waals surface area contributed by atoms with Gasteiger partial charge in [-0.2, -0.15) is 0 Å². The maximum atomic E-state index is 7.17. The van der Waals surface area contributed by atoms with Crippen molar-refractivity contribution < 1.29 is 0 Å². The Hall–Kier alpha value is -0.280. The smallest absolute Gasteiger partial charge is 0.108 e. The van der Waals surface area contributed by atoms with Crippen LogP contribution < -0.4 is 5.32 Å². The second kappa shape index (κ2) is 3.69. The molecule has 2 N–H and O–H groups in total. The predicted molar refractivity (Wildman–Crippen MR) is 40.5 cm³/mol. The first-order valence-corrected chi connectivity index (χ1v) is 2.79. The van der Waals surface area contributed by atoms with Crippen LogP contribution in [-0.2, 0) is 0 Å². The van der Waals surface area contributed by atoms with Gasteiger partial charge in [0.2, 0.25) is 0 Å². The van der Waals surface area contributed by atoms with Crippen LogP contribution in [0, 0.1) is 5.41 Å². The van der Waals surface area contributed by atoms with E-state index < -0.39 is 0 Å². The SMILES string of the molecule is CN1CCNC(=N)C1.Cl. The van der Waals surface area contributed by atoms with Crippen LogP contribution in [0.5, 0.6) is 0 Å². The van der Waals surface area contributed by atoms with Gasteiger partial charge in [-0.15, -0.1) is 12.4 Å². The second-order valence-corrected chi connectivity index (χ2v) is 2.14. The van der Waals surface area contributed by atoms with Gasteiger partial charge in [-0.25, -0.2) is 0 Å². The molecule has 1 heterocycles. The van der Waals surface area contributed by atoms with Crippen molar-refractivity contribution in [2.45, 2.75) is 0 Å². The Morgan fingerprint density at radius 2 is 2.33 bits per heavy atom. The fraction of sp³-hybridized carbons (Fsp3) is 0.800. The van der Waals surface area contributed by atoms with Gasteiger partial charge in [-0.05, 0) is 7.05 Å². The monoisotopic (exact) mass is 149 g/mol. The Balaban J connectivity index is 0.000000640. The van der Waals surface area contributed by atoms with E-state index in [1.54, 1.807) is 0 Å². The molecule has 3 nitrogen and oxygen atoms in total. The van der Waals surface area contributed by atoms with E-state index >= 15 is 0 Å². The number of nitrogens with zero attached hydrogens (tertiary/aromatic N) is 1. The van der Waals surface area contributed by atoms with E-state index in [0.29, 0.717) is 5.84 Å². The molecule has 4 heteroatoms. The van der Waals surface area contributed by atoms with Crippen LogP contribution in [0.3, 0.4) is 0 Å². The van der Waals surface area contributed by atoms with E-state index in [4.69, 9.17) is 5.41 Å². The maximum Gasteiger partial charge on any atom is 0.108 e. The summed E-state index contributed by atoms with van der Waals surface area (Å²) >= 11 is 0. The van der Waals surface area contributed by atoms with Crippen molar-refractivity contribution in [3.05, 3.63) is 0 Å². The van der Waals surface area contributed by atoms with Crippen LogP contribution in [0.15, 0.2) is 0 Å². The number of piperazine rings is 1. The summed E-state index contributed by atoms with van der Waals surface area (Å²) in [5, 5.41) is 10.1. The van der Waals surface area contributed by atoms with Crippen molar-refractivity contribution in [3.63, 3.8) is 0 Å². The van der Waals surface area contributed by atoms with Crippen LogP contribution >= 0.6 is 12.4 Å². The number of rotatable bonds is 0. The molecule has 1 aliphatic rings.